The Morgan fingerprint density at radius 1 is 0.920 bits per heavy atom. The Morgan fingerprint density at radius 3 is 2.32 bits per heavy atom. The second-order valence-corrected chi connectivity index (χ2v) is 7.82. The van der Waals surface area contributed by atoms with E-state index in [1.807, 2.05) is 6.92 Å². The quantitative estimate of drug-likeness (QED) is 0.731. The van der Waals surface area contributed by atoms with E-state index in [0.717, 1.165) is 11.1 Å². The maximum absolute atomic E-state index is 13.0. The Bertz CT molecular complexity index is 1090. The summed E-state index contributed by atoms with van der Waals surface area (Å²) in [6.07, 6.45) is 3.53. The summed E-state index contributed by atoms with van der Waals surface area (Å²) >= 11 is 1.30. The topological polar surface area (TPSA) is 68.3 Å². The van der Waals surface area contributed by atoms with Crippen LogP contribution in [0.2, 0.25) is 0 Å². The van der Waals surface area contributed by atoms with Crippen molar-refractivity contribution in [3.63, 3.8) is 0 Å². The molecule has 1 aromatic heterocycles. The summed E-state index contributed by atoms with van der Waals surface area (Å²) in [5, 5.41) is 1.77. The van der Waals surface area contributed by atoms with Gasteiger partial charge in [-0.3, -0.25) is 19.2 Å². The molecule has 5 heteroatoms. The van der Waals surface area contributed by atoms with Crippen molar-refractivity contribution in [1.82, 2.24) is 0 Å². The molecule has 0 bridgehead atoms. The van der Waals surface area contributed by atoms with E-state index in [1.54, 1.807) is 17.5 Å². The molecule has 122 valence electrons. The fourth-order valence-corrected chi connectivity index (χ4v) is 5.43. The van der Waals surface area contributed by atoms with Crippen molar-refractivity contribution in [3.8, 4) is 0 Å². The molecule has 0 spiro atoms. The SMILES string of the molecule is C[C@]12CCC(=O)c3csc(c31)C(=O)c1cc3c(cc12)C(=O)C=CC3=O. The van der Waals surface area contributed by atoms with Crippen LogP contribution >= 0.6 is 11.3 Å². The summed E-state index contributed by atoms with van der Waals surface area (Å²) in [4.78, 5) is 50.3. The van der Waals surface area contributed by atoms with Crippen LogP contribution in [-0.2, 0) is 5.41 Å². The molecule has 0 radical (unpaired) electrons. The van der Waals surface area contributed by atoms with Gasteiger partial charge < -0.3 is 0 Å². The number of rotatable bonds is 0. The van der Waals surface area contributed by atoms with Gasteiger partial charge in [0.1, 0.15) is 0 Å². The van der Waals surface area contributed by atoms with E-state index in [9.17, 15) is 19.2 Å². The van der Waals surface area contributed by atoms with E-state index in [1.165, 1.54) is 23.5 Å². The zero-order valence-electron chi connectivity index (χ0n) is 13.3. The Morgan fingerprint density at radius 2 is 1.60 bits per heavy atom. The largest absolute Gasteiger partial charge is 0.294 e. The van der Waals surface area contributed by atoms with Gasteiger partial charge in [0, 0.05) is 39.5 Å². The fraction of sp³-hybridized carbons (Fsp3) is 0.200. The molecular formula is C20H12O4S. The van der Waals surface area contributed by atoms with Crippen LogP contribution in [0.15, 0.2) is 29.7 Å². The predicted octanol–water partition coefficient (Wildman–Crippen LogP) is 3.51. The van der Waals surface area contributed by atoms with E-state index < -0.39 is 5.41 Å². The highest BCUT2D eigenvalue weighted by Crippen LogP contribution is 2.51. The molecule has 0 N–H and O–H groups in total. The lowest BCUT2D eigenvalue weighted by Crippen LogP contribution is -2.37. The Balaban J connectivity index is 1.86. The van der Waals surface area contributed by atoms with Crippen LogP contribution in [0.1, 0.15) is 77.2 Å². The van der Waals surface area contributed by atoms with Crippen LogP contribution in [0, 0.1) is 0 Å². The molecule has 0 aliphatic heterocycles. The molecule has 0 unspecified atom stereocenters. The van der Waals surface area contributed by atoms with Gasteiger partial charge in [0.25, 0.3) is 0 Å². The number of fused-ring (bicyclic) bond motifs is 3. The third kappa shape index (κ3) is 1.66. The van der Waals surface area contributed by atoms with Crippen molar-refractivity contribution >= 4 is 34.5 Å². The number of Topliss-reactive ketones (excluding diaryl/α,β-unsaturated/α-hetero) is 1. The van der Waals surface area contributed by atoms with E-state index in [-0.39, 0.29) is 28.7 Å². The highest BCUT2D eigenvalue weighted by atomic mass is 32.1. The Labute approximate surface area is 147 Å². The van der Waals surface area contributed by atoms with E-state index in [4.69, 9.17) is 0 Å². The van der Waals surface area contributed by atoms with Gasteiger partial charge >= 0.3 is 0 Å². The predicted molar refractivity (Wildman–Crippen MR) is 92.0 cm³/mol. The molecule has 0 saturated heterocycles. The Kier molecular flexibility index (Phi) is 2.63. The minimum absolute atomic E-state index is 0.0679. The maximum atomic E-state index is 13.0. The first-order valence-electron chi connectivity index (χ1n) is 8.07. The van der Waals surface area contributed by atoms with Crippen LogP contribution in [0.5, 0.6) is 0 Å². The van der Waals surface area contributed by atoms with Crippen molar-refractivity contribution in [2.75, 3.05) is 0 Å². The molecule has 5 rings (SSSR count). The number of ketones is 4. The molecule has 3 aliphatic carbocycles. The Hall–Kier alpha value is -2.66. The number of hydrogen-bond acceptors (Lipinski definition) is 5. The number of hydrogen-bond donors (Lipinski definition) is 0. The molecule has 3 aliphatic rings. The summed E-state index contributed by atoms with van der Waals surface area (Å²) in [5.41, 5.74) is 2.82. The zero-order chi connectivity index (χ0) is 17.5. The third-order valence-electron chi connectivity index (χ3n) is 5.62. The minimum atomic E-state index is -0.485. The first-order chi connectivity index (χ1) is 11.9. The second-order valence-electron chi connectivity index (χ2n) is 6.94. The molecule has 1 heterocycles. The number of thiophene rings is 1. The van der Waals surface area contributed by atoms with Crippen molar-refractivity contribution < 1.29 is 19.2 Å². The first-order valence-corrected chi connectivity index (χ1v) is 8.95. The van der Waals surface area contributed by atoms with Crippen LogP contribution in [0.4, 0.5) is 0 Å². The highest BCUT2D eigenvalue weighted by Gasteiger charge is 2.47. The van der Waals surface area contributed by atoms with Gasteiger partial charge in [-0.2, -0.15) is 0 Å². The summed E-state index contributed by atoms with van der Waals surface area (Å²) < 4.78 is 0. The third-order valence-corrected chi connectivity index (χ3v) is 6.59. The van der Waals surface area contributed by atoms with Crippen molar-refractivity contribution in [1.29, 1.82) is 0 Å². The fourth-order valence-electron chi connectivity index (χ4n) is 4.28. The van der Waals surface area contributed by atoms with Gasteiger partial charge in [0.2, 0.25) is 5.78 Å². The van der Waals surface area contributed by atoms with E-state index in [2.05, 4.69) is 0 Å². The van der Waals surface area contributed by atoms with Crippen LogP contribution < -0.4 is 0 Å². The lowest BCUT2D eigenvalue weighted by molar-refractivity contribution is 0.0956. The summed E-state index contributed by atoms with van der Waals surface area (Å²) in [6, 6.07) is 3.27. The average Bonchev–Trinajstić information content (AvgIpc) is 3.06. The van der Waals surface area contributed by atoms with E-state index >= 15 is 0 Å². The molecule has 2 aromatic rings. The number of allylic oxidation sites excluding steroid dienone is 2. The molecular weight excluding hydrogens is 336 g/mol. The average molecular weight is 348 g/mol. The lowest BCUT2D eigenvalue weighted by Gasteiger charge is -2.39. The lowest BCUT2D eigenvalue weighted by atomic mass is 9.62. The van der Waals surface area contributed by atoms with E-state index in [0.29, 0.717) is 34.4 Å². The summed E-state index contributed by atoms with van der Waals surface area (Å²) in [6.45, 7) is 2.02. The van der Waals surface area contributed by atoms with Crippen LogP contribution in [0.3, 0.4) is 0 Å². The number of benzene rings is 1. The number of carbonyl (C=O) groups is 4. The standard InChI is InChI=1S/C20H12O4S/c1-20-5-4-16(23)12-8-25-19(17(12)20)18(24)11-6-9-10(7-13(11)20)15(22)3-2-14(9)21/h2-3,6-8H,4-5H2,1H3/t20-/m1/s1. The monoisotopic (exact) mass is 348 g/mol. The van der Waals surface area contributed by atoms with Gasteiger partial charge in [-0.15, -0.1) is 11.3 Å². The molecule has 4 nitrogen and oxygen atoms in total. The molecule has 0 fully saturated rings. The summed E-state index contributed by atoms with van der Waals surface area (Å²) in [5.74, 6) is -0.576. The zero-order valence-corrected chi connectivity index (χ0v) is 14.2. The van der Waals surface area contributed by atoms with Crippen molar-refractivity contribution in [2.24, 2.45) is 0 Å². The molecule has 1 atom stereocenters. The molecule has 0 saturated carbocycles. The minimum Gasteiger partial charge on any atom is -0.294 e. The van der Waals surface area contributed by atoms with Crippen molar-refractivity contribution in [2.45, 2.75) is 25.2 Å². The van der Waals surface area contributed by atoms with Gasteiger partial charge in [-0.05, 0) is 41.8 Å². The van der Waals surface area contributed by atoms with Crippen LogP contribution in [0.25, 0.3) is 0 Å². The van der Waals surface area contributed by atoms with Crippen molar-refractivity contribution in [3.05, 3.63) is 67.9 Å². The molecule has 0 amide bonds. The normalized spacial score (nSPS) is 23.4. The highest BCUT2D eigenvalue weighted by molar-refractivity contribution is 7.13. The van der Waals surface area contributed by atoms with Gasteiger partial charge in [0.05, 0.1) is 4.88 Å². The van der Waals surface area contributed by atoms with Gasteiger partial charge in [0.15, 0.2) is 17.3 Å². The van der Waals surface area contributed by atoms with Gasteiger partial charge in [-0.1, -0.05) is 6.92 Å². The number of carbonyl (C=O) groups excluding carboxylic acids is 4. The van der Waals surface area contributed by atoms with Gasteiger partial charge in [-0.25, -0.2) is 0 Å². The smallest absolute Gasteiger partial charge is 0.203 e. The molecule has 1 aromatic carbocycles. The maximum Gasteiger partial charge on any atom is 0.203 e. The molecule has 25 heavy (non-hydrogen) atoms. The second kappa shape index (κ2) is 4.49. The summed E-state index contributed by atoms with van der Waals surface area (Å²) in [7, 11) is 0. The van der Waals surface area contributed by atoms with Crippen LogP contribution in [-0.4, -0.2) is 23.1 Å². The first kappa shape index (κ1) is 14.7.